The van der Waals surface area contributed by atoms with Crippen LogP contribution in [0.1, 0.15) is 32.0 Å². The first-order valence-corrected chi connectivity index (χ1v) is 8.20. The molecular formula is C20H15FN2O5. The molecule has 0 unspecified atom stereocenters. The number of carboxylic acid groups (broad SMARTS) is 1. The number of amides is 1. The van der Waals surface area contributed by atoms with Crippen molar-refractivity contribution in [1.29, 1.82) is 0 Å². The van der Waals surface area contributed by atoms with E-state index in [1.807, 2.05) is 0 Å². The van der Waals surface area contributed by atoms with E-state index in [2.05, 4.69) is 0 Å². The first-order chi connectivity index (χ1) is 13.2. The van der Waals surface area contributed by atoms with Gasteiger partial charge in [-0.15, -0.1) is 0 Å². The average molecular weight is 382 g/mol. The molecule has 1 aromatic heterocycles. The minimum atomic E-state index is -1.69. The molecule has 0 atom stereocenters. The van der Waals surface area contributed by atoms with Gasteiger partial charge in [-0.2, -0.15) is 0 Å². The highest BCUT2D eigenvalue weighted by molar-refractivity contribution is 6.47. The van der Waals surface area contributed by atoms with Crippen LogP contribution in [0.5, 0.6) is 0 Å². The smallest absolute Gasteiger partial charge is 0.377 e. The molecule has 3 N–H and O–H groups in total. The van der Waals surface area contributed by atoms with Gasteiger partial charge in [-0.25, -0.2) is 9.18 Å². The van der Waals surface area contributed by atoms with Gasteiger partial charge in [-0.3, -0.25) is 14.4 Å². The number of nitrogens with zero attached hydrogens (tertiary/aromatic N) is 1. The number of carboxylic acids is 1. The third-order valence-electron chi connectivity index (χ3n) is 4.49. The molecule has 0 aliphatic rings. The summed E-state index contributed by atoms with van der Waals surface area (Å²) in [6.45, 7) is 1.77. The van der Waals surface area contributed by atoms with Crippen LogP contribution in [0.2, 0.25) is 0 Å². The third kappa shape index (κ3) is 3.16. The van der Waals surface area contributed by atoms with Crippen molar-refractivity contribution >= 4 is 34.3 Å². The molecule has 1 heterocycles. The molecule has 0 radical (unpaired) electrons. The molecule has 0 aliphatic carbocycles. The number of nitrogens with two attached hydrogens (primary N) is 1. The lowest BCUT2D eigenvalue weighted by molar-refractivity contribution is -0.131. The molecule has 28 heavy (non-hydrogen) atoms. The quantitative estimate of drug-likeness (QED) is 0.500. The predicted molar refractivity (Wildman–Crippen MR) is 97.7 cm³/mol. The first kappa shape index (κ1) is 19.0. The molecule has 0 aliphatic heterocycles. The fourth-order valence-electron chi connectivity index (χ4n) is 3.21. The molecule has 8 heteroatoms. The maximum atomic E-state index is 13.2. The number of benzene rings is 2. The van der Waals surface area contributed by atoms with Crippen LogP contribution in [0, 0.1) is 12.7 Å². The lowest BCUT2D eigenvalue weighted by Crippen LogP contribution is -2.24. The van der Waals surface area contributed by atoms with Crippen LogP contribution in [0.15, 0.2) is 42.5 Å². The number of hydrogen-bond acceptors (Lipinski definition) is 4. The van der Waals surface area contributed by atoms with Crippen molar-refractivity contribution in [2.45, 2.75) is 13.5 Å². The summed E-state index contributed by atoms with van der Waals surface area (Å²) >= 11 is 0. The molecule has 0 saturated carbocycles. The molecule has 3 aromatic rings. The molecule has 0 bridgehead atoms. The first-order valence-electron chi connectivity index (χ1n) is 8.20. The van der Waals surface area contributed by atoms with Gasteiger partial charge >= 0.3 is 5.97 Å². The Labute approximate surface area is 158 Å². The second-order valence-electron chi connectivity index (χ2n) is 6.20. The maximum absolute atomic E-state index is 13.2. The standard InChI is InChI=1S/C20H15FN2O5/c1-10-15(18(25)19(22)26)16-13(17(24)20(27)28)3-2-4-14(16)23(10)9-11-5-7-12(21)8-6-11/h2-8H,9H2,1H3,(H2,22,26)(H,27,28). The molecular weight excluding hydrogens is 367 g/mol. The SMILES string of the molecule is Cc1c(C(=O)C(N)=O)c2c(C(=O)C(=O)O)cccc2n1Cc1ccc(F)cc1. The predicted octanol–water partition coefficient (Wildman–Crippen LogP) is 2.07. The minimum absolute atomic E-state index is 0.0540. The number of aromatic nitrogens is 1. The number of carbonyl (C=O) groups excluding carboxylic acids is 3. The molecule has 142 valence electrons. The van der Waals surface area contributed by atoms with Crippen LogP contribution in [-0.2, 0) is 16.1 Å². The number of primary amides is 1. The number of Topliss-reactive ketones (excluding diaryl/α,β-unsaturated/α-hetero) is 2. The Morgan fingerprint density at radius 1 is 1.04 bits per heavy atom. The summed E-state index contributed by atoms with van der Waals surface area (Å²) in [5, 5.41) is 9.16. The van der Waals surface area contributed by atoms with E-state index in [1.165, 1.54) is 24.3 Å². The van der Waals surface area contributed by atoms with E-state index in [9.17, 15) is 23.6 Å². The topological polar surface area (TPSA) is 119 Å². The highest BCUT2D eigenvalue weighted by Gasteiger charge is 2.28. The molecule has 3 rings (SSSR count). The van der Waals surface area contributed by atoms with Crippen LogP contribution in [0.3, 0.4) is 0 Å². The molecule has 0 spiro atoms. The summed E-state index contributed by atoms with van der Waals surface area (Å²) in [5.41, 5.74) is 6.26. The zero-order valence-electron chi connectivity index (χ0n) is 14.7. The Balaban J connectivity index is 2.32. The van der Waals surface area contributed by atoms with E-state index in [4.69, 9.17) is 10.8 Å². The Morgan fingerprint density at radius 3 is 2.25 bits per heavy atom. The van der Waals surface area contributed by atoms with Crippen molar-refractivity contribution in [3.05, 3.63) is 70.7 Å². The third-order valence-corrected chi connectivity index (χ3v) is 4.49. The number of halogens is 1. The number of aliphatic carboxylic acids is 1. The van der Waals surface area contributed by atoms with Gasteiger partial charge in [-0.1, -0.05) is 18.2 Å². The van der Waals surface area contributed by atoms with Gasteiger partial charge < -0.3 is 15.4 Å². The van der Waals surface area contributed by atoms with Gasteiger partial charge in [0.15, 0.2) is 0 Å². The van der Waals surface area contributed by atoms with Crippen molar-refractivity contribution in [2.24, 2.45) is 5.73 Å². The second-order valence-corrected chi connectivity index (χ2v) is 6.20. The van der Waals surface area contributed by atoms with Crippen LogP contribution in [0.25, 0.3) is 10.9 Å². The van der Waals surface area contributed by atoms with Crippen LogP contribution < -0.4 is 5.73 Å². The van der Waals surface area contributed by atoms with Gasteiger partial charge in [0.25, 0.3) is 17.5 Å². The molecule has 2 aromatic carbocycles. The zero-order chi connectivity index (χ0) is 20.6. The van der Waals surface area contributed by atoms with E-state index in [0.717, 1.165) is 0 Å². The Hall–Kier alpha value is -3.81. The average Bonchev–Trinajstić information content (AvgIpc) is 2.94. The van der Waals surface area contributed by atoms with E-state index < -0.39 is 29.3 Å². The van der Waals surface area contributed by atoms with Gasteiger partial charge in [0.1, 0.15) is 5.82 Å². The molecule has 0 fully saturated rings. The number of fused-ring (bicyclic) bond motifs is 1. The number of ketones is 2. The fourth-order valence-corrected chi connectivity index (χ4v) is 3.21. The van der Waals surface area contributed by atoms with Gasteiger partial charge in [0.05, 0.1) is 11.1 Å². The van der Waals surface area contributed by atoms with Crippen molar-refractivity contribution in [2.75, 3.05) is 0 Å². The highest BCUT2D eigenvalue weighted by atomic mass is 19.1. The second kappa shape index (κ2) is 7.07. The van der Waals surface area contributed by atoms with E-state index >= 15 is 0 Å². The maximum Gasteiger partial charge on any atom is 0.377 e. The highest BCUT2D eigenvalue weighted by Crippen LogP contribution is 2.31. The number of rotatable bonds is 6. The van der Waals surface area contributed by atoms with Crippen molar-refractivity contribution in [1.82, 2.24) is 4.57 Å². The van der Waals surface area contributed by atoms with Gasteiger partial charge in [0, 0.05) is 23.2 Å². The summed E-state index contributed by atoms with van der Waals surface area (Å²) in [6.07, 6.45) is 0. The van der Waals surface area contributed by atoms with Gasteiger partial charge in [0.2, 0.25) is 0 Å². The molecule has 7 nitrogen and oxygen atoms in total. The normalized spacial score (nSPS) is 10.8. The Bertz CT molecular complexity index is 1150. The lowest BCUT2D eigenvalue weighted by Gasteiger charge is -2.09. The summed E-state index contributed by atoms with van der Waals surface area (Å²) in [7, 11) is 0. The van der Waals surface area contributed by atoms with Gasteiger partial charge in [-0.05, 0) is 36.8 Å². The van der Waals surface area contributed by atoms with E-state index in [-0.39, 0.29) is 23.1 Å². The summed E-state index contributed by atoms with van der Waals surface area (Å²) in [5.74, 6) is -5.54. The van der Waals surface area contributed by atoms with E-state index in [0.29, 0.717) is 16.8 Å². The van der Waals surface area contributed by atoms with Crippen LogP contribution in [-0.4, -0.2) is 33.1 Å². The zero-order valence-corrected chi connectivity index (χ0v) is 14.7. The monoisotopic (exact) mass is 382 g/mol. The summed E-state index contributed by atoms with van der Waals surface area (Å²) in [6, 6.07) is 10.0. The van der Waals surface area contributed by atoms with E-state index in [1.54, 1.807) is 29.7 Å². The molecule has 1 amide bonds. The van der Waals surface area contributed by atoms with Crippen molar-refractivity contribution < 1.29 is 28.7 Å². The summed E-state index contributed by atoms with van der Waals surface area (Å²) < 4.78 is 14.8. The Morgan fingerprint density at radius 2 is 1.68 bits per heavy atom. The summed E-state index contributed by atoms with van der Waals surface area (Å²) in [4.78, 5) is 47.3. The lowest BCUT2D eigenvalue weighted by atomic mass is 9.99. The van der Waals surface area contributed by atoms with Crippen LogP contribution >= 0.6 is 0 Å². The number of carbonyl (C=O) groups is 4. The minimum Gasteiger partial charge on any atom is -0.475 e. The Kier molecular flexibility index (Phi) is 4.79. The molecule has 0 saturated heterocycles. The largest absolute Gasteiger partial charge is 0.475 e. The fraction of sp³-hybridized carbons (Fsp3) is 0.100. The van der Waals surface area contributed by atoms with Crippen LogP contribution in [0.4, 0.5) is 4.39 Å². The number of hydrogen-bond donors (Lipinski definition) is 2. The van der Waals surface area contributed by atoms with Crippen molar-refractivity contribution in [3.8, 4) is 0 Å². The van der Waals surface area contributed by atoms with Crippen molar-refractivity contribution in [3.63, 3.8) is 0 Å².